The smallest absolute Gasteiger partial charge is 0.327 e. The Hall–Kier alpha value is -7.35. The van der Waals surface area contributed by atoms with Crippen LogP contribution in [0.1, 0.15) is 85.3 Å². The number of aryl methyl sites for hydroxylation is 1. The SMILES string of the molecule is C=C1C(=O)N[C@H](C)C(=O)N[C@@H](CC(C)C)C(=O)N[C@@H](C(=O)O)[C@H](C)C(=O)N[C@@H](CCc2ccc(O)cc2)C(=O)N[C@@H](C=CC(C)=C[C@H](C)[C@H](Cc2ccccc2)OC)[C@H](C)C(=O)N[C@@H](C(=O)O)CCC(=O)N1C. The summed E-state index contributed by atoms with van der Waals surface area (Å²) in [5, 5.41) is 45.7. The van der Waals surface area contributed by atoms with Crippen molar-refractivity contribution >= 4 is 53.3 Å². The third-order valence-corrected chi connectivity index (χ3v) is 12.7. The minimum Gasteiger partial charge on any atom is -0.508 e. The van der Waals surface area contributed by atoms with Crippen LogP contribution in [-0.2, 0) is 60.7 Å². The summed E-state index contributed by atoms with van der Waals surface area (Å²) in [5.41, 5.74) is 2.03. The lowest BCUT2D eigenvalue weighted by Gasteiger charge is -2.28. The molecule has 0 unspecified atom stereocenters. The second-order valence-electron chi connectivity index (χ2n) is 19.0. The van der Waals surface area contributed by atoms with E-state index in [2.05, 4.69) is 38.5 Å². The fraction of sp³-hybridized carbons (Fsp3) is 0.491. The van der Waals surface area contributed by atoms with Crippen molar-refractivity contribution in [3.05, 3.63) is 102 Å². The summed E-state index contributed by atoms with van der Waals surface area (Å²) in [4.78, 5) is 123. The van der Waals surface area contributed by atoms with Gasteiger partial charge in [-0.1, -0.05) is 107 Å². The summed E-state index contributed by atoms with van der Waals surface area (Å²) < 4.78 is 5.83. The molecule has 2 aromatic rings. The Balaban J connectivity index is 2.15. The predicted octanol–water partition coefficient (Wildman–Crippen LogP) is 2.90. The number of methoxy groups -OCH3 is 1. The Labute approximate surface area is 426 Å². The molecule has 0 bridgehead atoms. The van der Waals surface area contributed by atoms with Crippen molar-refractivity contribution in [2.45, 2.75) is 129 Å². The van der Waals surface area contributed by atoms with Crippen LogP contribution in [0.15, 0.2) is 90.7 Å². The molecular formula is C53H73N7O13. The van der Waals surface area contributed by atoms with Gasteiger partial charge in [-0.2, -0.15) is 0 Å². The molecule has 3 rings (SSSR count). The summed E-state index contributed by atoms with van der Waals surface area (Å²) in [6.07, 6.45) is 4.73. The molecule has 398 valence electrons. The first-order valence-corrected chi connectivity index (χ1v) is 24.3. The van der Waals surface area contributed by atoms with Crippen molar-refractivity contribution in [2.75, 3.05) is 14.2 Å². The summed E-state index contributed by atoms with van der Waals surface area (Å²) in [6.45, 7) is 14.9. The van der Waals surface area contributed by atoms with Crippen LogP contribution in [0.3, 0.4) is 0 Å². The molecule has 0 radical (unpaired) electrons. The first-order chi connectivity index (χ1) is 34.3. The van der Waals surface area contributed by atoms with Crippen molar-refractivity contribution in [1.29, 1.82) is 0 Å². The van der Waals surface area contributed by atoms with Crippen molar-refractivity contribution < 1.29 is 63.2 Å². The summed E-state index contributed by atoms with van der Waals surface area (Å²) in [5.74, 6) is -12.3. The highest BCUT2D eigenvalue weighted by Crippen LogP contribution is 2.20. The lowest BCUT2D eigenvalue weighted by atomic mass is 9.94. The monoisotopic (exact) mass is 1020 g/mol. The number of phenolic OH excluding ortho intramolecular Hbond substituents is 1. The quantitative estimate of drug-likeness (QED) is 0.0973. The number of nitrogens with one attached hydrogen (secondary N) is 6. The molecule has 20 heteroatoms. The number of benzene rings is 2. The van der Waals surface area contributed by atoms with Crippen LogP contribution < -0.4 is 31.9 Å². The Bertz CT molecular complexity index is 2350. The molecule has 0 spiro atoms. The number of likely N-dealkylation sites (N-methyl/N-ethyl adjacent to an activating group) is 1. The first-order valence-electron chi connectivity index (χ1n) is 24.3. The van der Waals surface area contributed by atoms with Crippen LogP contribution in [0.4, 0.5) is 0 Å². The van der Waals surface area contributed by atoms with Gasteiger partial charge in [0.25, 0.3) is 5.91 Å². The highest BCUT2D eigenvalue weighted by molar-refractivity contribution is 6.00. The summed E-state index contributed by atoms with van der Waals surface area (Å²) >= 11 is 0. The van der Waals surface area contributed by atoms with Gasteiger partial charge >= 0.3 is 11.9 Å². The van der Waals surface area contributed by atoms with E-state index in [-0.39, 0.29) is 43.0 Å². The maximum Gasteiger partial charge on any atom is 0.327 e. The maximum atomic E-state index is 14.6. The number of carboxylic acid groups (broad SMARTS) is 2. The number of hydrogen-bond donors (Lipinski definition) is 9. The highest BCUT2D eigenvalue weighted by Gasteiger charge is 2.37. The Morgan fingerprint density at radius 3 is 1.96 bits per heavy atom. The molecule has 0 aromatic heterocycles. The van der Waals surface area contributed by atoms with Crippen LogP contribution in [0.25, 0.3) is 0 Å². The average molecular weight is 1020 g/mol. The number of hydrogen-bond acceptors (Lipinski definition) is 11. The molecule has 7 amide bonds. The van der Waals surface area contributed by atoms with Gasteiger partial charge in [0, 0.05) is 26.5 Å². The van der Waals surface area contributed by atoms with Gasteiger partial charge < -0.3 is 56.9 Å². The third kappa shape index (κ3) is 19.0. The Kier molecular flexibility index (Phi) is 23.5. The van der Waals surface area contributed by atoms with E-state index in [0.717, 1.165) is 10.5 Å². The van der Waals surface area contributed by atoms with Gasteiger partial charge in [-0.05, 0) is 75.1 Å². The van der Waals surface area contributed by atoms with Gasteiger partial charge in [-0.3, -0.25) is 33.6 Å². The molecule has 20 nitrogen and oxygen atoms in total. The van der Waals surface area contributed by atoms with Gasteiger partial charge in [0.1, 0.15) is 41.7 Å². The van der Waals surface area contributed by atoms with E-state index in [4.69, 9.17) is 4.74 Å². The molecule has 1 heterocycles. The predicted molar refractivity (Wildman–Crippen MR) is 271 cm³/mol. The molecule has 0 saturated carbocycles. The molecular weight excluding hydrogens is 943 g/mol. The van der Waals surface area contributed by atoms with E-state index in [9.17, 15) is 58.5 Å². The maximum absolute atomic E-state index is 14.6. The normalized spacial score (nSPS) is 25.0. The Morgan fingerprint density at radius 2 is 1.37 bits per heavy atom. The number of aromatic hydroxyl groups is 1. The molecule has 10 atom stereocenters. The van der Waals surface area contributed by atoms with Gasteiger partial charge in [0.2, 0.25) is 35.4 Å². The number of carbonyl (C=O) groups excluding carboxylic acids is 7. The zero-order valence-corrected chi connectivity index (χ0v) is 43.1. The van der Waals surface area contributed by atoms with E-state index in [0.29, 0.717) is 17.6 Å². The highest BCUT2D eigenvalue weighted by atomic mass is 16.5. The van der Waals surface area contributed by atoms with Crippen molar-refractivity contribution in [1.82, 2.24) is 36.8 Å². The topological polar surface area (TPSA) is 299 Å². The second-order valence-corrected chi connectivity index (χ2v) is 19.0. The largest absolute Gasteiger partial charge is 0.508 e. The third-order valence-electron chi connectivity index (χ3n) is 12.7. The molecule has 73 heavy (non-hydrogen) atoms. The summed E-state index contributed by atoms with van der Waals surface area (Å²) in [6, 6.07) is 7.12. The number of allylic oxidation sites excluding steroid dienone is 2. The fourth-order valence-corrected chi connectivity index (χ4v) is 7.93. The number of carbonyl (C=O) groups is 9. The Morgan fingerprint density at radius 1 is 0.767 bits per heavy atom. The van der Waals surface area contributed by atoms with Crippen LogP contribution in [0.5, 0.6) is 5.75 Å². The standard InChI is InChI=1S/C53H73N7O13/c1-29(2)26-42-51(68)59-45(53(71)72)33(6)47(64)56-40(23-19-36-17-20-38(61)21-18-36)50(67)55-39(22-16-30(3)27-31(4)43(73-10)28-37-14-12-11-13-15-37)32(5)46(63)57-41(52(69)70)24-25-44(62)60(9)35(8)49(66)54-34(7)48(65)58-42/h11-18,20-22,27,29,31-34,39-43,45,61H,8,19,23-26,28H2,1-7,9-10H3,(H,54,66)(H,55,67)(H,56,64)(H,57,63)(H,58,65)(H,59,68)(H,69,70)(H,71,72)/t31-,32-,33-,34+,39-,40-,41+,42-,43-,45+/m0/s1. The molecule has 1 aliphatic rings. The molecule has 1 fully saturated rings. The van der Waals surface area contributed by atoms with Crippen molar-refractivity contribution in [3.8, 4) is 5.75 Å². The zero-order chi connectivity index (χ0) is 54.7. The van der Waals surface area contributed by atoms with Crippen molar-refractivity contribution in [3.63, 3.8) is 0 Å². The van der Waals surface area contributed by atoms with Gasteiger partial charge in [-0.15, -0.1) is 0 Å². The number of phenols is 1. The van der Waals surface area contributed by atoms with Crippen LogP contribution in [0.2, 0.25) is 0 Å². The molecule has 2 aromatic carbocycles. The van der Waals surface area contributed by atoms with Crippen LogP contribution in [0, 0.1) is 23.7 Å². The molecule has 1 aliphatic heterocycles. The second kappa shape index (κ2) is 28.6. The van der Waals surface area contributed by atoms with E-state index in [1.807, 2.05) is 50.3 Å². The number of nitrogens with zero attached hydrogens (tertiary/aromatic N) is 1. The van der Waals surface area contributed by atoms with Gasteiger partial charge in [0.15, 0.2) is 0 Å². The van der Waals surface area contributed by atoms with Crippen LogP contribution in [-0.4, -0.2) is 130 Å². The number of amides is 7. The lowest BCUT2D eigenvalue weighted by molar-refractivity contribution is -0.146. The molecule has 9 N–H and O–H groups in total. The fourth-order valence-electron chi connectivity index (χ4n) is 7.93. The summed E-state index contributed by atoms with van der Waals surface area (Å²) in [7, 11) is 2.83. The van der Waals surface area contributed by atoms with E-state index < -0.39 is 120 Å². The number of aliphatic carboxylic acids is 2. The van der Waals surface area contributed by atoms with E-state index in [1.165, 1.54) is 40.0 Å². The van der Waals surface area contributed by atoms with Gasteiger partial charge in [-0.25, -0.2) is 9.59 Å². The minimum absolute atomic E-state index is 0.00756. The lowest BCUT2D eigenvalue weighted by Crippen LogP contribution is -2.59. The minimum atomic E-state index is -1.88. The number of ether oxygens (including phenoxy) is 1. The van der Waals surface area contributed by atoms with Gasteiger partial charge in [0.05, 0.1) is 24.0 Å². The van der Waals surface area contributed by atoms with E-state index >= 15 is 0 Å². The van der Waals surface area contributed by atoms with E-state index in [1.54, 1.807) is 45.2 Å². The first kappa shape index (κ1) is 60.0. The van der Waals surface area contributed by atoms with Crippen molar-refractivity contribution in [2.24, 2.45) is 23.7 Å². The number of rotatable bonds is 14. The average Bonchev–Trinajstić information content (AvgIpc) is 3.34. The van der Waals surface area contributed by atoms with Crippen LogP contribution >= 0.6 is 0 Å². The molecule has 0 aliphatic carbocycles. The zero-order valence-electron chi connectivity index (χ0n) is 43.1. The molecule has 1 saturated heterocycles. The number of carboxylic acids is 2.